The number of hydrogen-bond acceptors (Lipinski definition) is 4. The van der Waals surface area contributed by atoms with Crippen molar-refractivity contribution in [3.05, 3.63) is 105 Å². The van der Waals surface area contributed by atoms with Crippen molar-refractivity contribution in [2.24, 2.45) is 7.05 Å². The van der Waals surface area contributed by atoms with Gasteiger partial charge in [0.2, 0.25) is 0 Å². The van der Waals surface area contributed by atoms with Crippen LogP contribution in [0, 0.1) is 6.92 Å². The van der Waals surface area contributed by atoms with Gasteiger partial charge in [-0.2, -0.15) is 0 Å². The van der Waals surface area contributed by atoms with Gasteiger partial charge in [0.05, 0.1) is 16.9 Å². The van der Waals surface area contributed by atoms with E-state index in [0.29, 0.717) is 22.6 Å². The van der Waals surface area contributed by atoms with Crippen molar-refractivity contribution < 1.29 is 9.59 Å². The summed E-state index contributed by atoms with van der Waals surface area (Å²) in [5.74, 6) is -0.855. The van der Waals surface area contributed by atoms with Crippen LogP contribution in [0.15, 0.2) is 77.7 Å². The van der Waals surface area contributed by atoms with Gasteiger partial charge in [-0.15, -0.1) is 0 Å². The largest absolute Gasteiger partial charge is 0.322 e. The number of anilines is 2. The fraction of sp³-hybridized carbons (Fsp3) is 0.0833. The molecule has 2 aromatic carbocycles. The quantitative estimate of drug-likeness (QED) is 0.438. The molecule has 2 N–H and O–H groups in total. The number of hydrogen-bond donors (Lipinski definition) is 2. The Hall–Kier alpha value is -4.17. The first-order valence-corrected chi connectivity index (χ1v) is 10.4. The second kappa shape index (κ2) is 9.13. The number of benzene rings is 2. The summed E-state index contributed by atoms with van der Waals surface area (Å²) in [6.45, 7) is 1.76. The average molecular weight is 462 g/mol. The zero-order valence-electron chi connectivity index (χ0n) is 17.9. The summed E-state index contributed by atoms with van der Waals surface area (Å²) in [5, 5.41) is 5.72. The fourth-order valence-electron chi connectivity index (χ4n) is 3.35. The zero-order chi connectivity index (χ0) is 23.5. The molecule has 4 rings (SSSR count). The van der Waals surface area contributed by atoms with Crippen molar-refractivity contribution >= 4 is 34.8 Å². The van der Waals surface area contributed by atoms with Gasteiger partial charge in [-0.25, -0.2) is 9.67 Å². The van der Waals surface area contributed by atoms with E-state index in [0.717, 1.165) is 0 Å². The average Bonchev–Trinajstić information content (AvgIpc) is 3.03. The lowest BCUT2D eigenvalue weighted by atomic mass is 10.1. The van der Waals surface area contributed by atoms with E-state index in [1.54, 1.807) is 42.9 Å². The van der Waals surface area contributed by atoms with Gasteiger partial charge in [-0.1, -0.05) is 35.9 Å². The lowest BCUT2D eigenvalue weighted by molar-refractivity contribution is 0.101. The molecule has 9 heteroatoms. The summed E-state index contributed by atoms with van der Waals surface area (Å²) >= 11 is 5.75. The zero-order valence-corrected chi connectivity index (χ0v) is 18.6. The maximum Gasteiger partial charge on any atom is 0.295 e. The molecule has 8 nitrogen and oxygen atoms in total. The molecule has 0 aliphatic heterocycles. The minimum atomic E-state index is -0.467. The van der Waals surface area contributed by atoms with Crippen molar-refractivity contribution in [3.63, 3.8) is 0 Å². The number of nitrogens with one attached hydrogen (secondary N) is 2. The third kappa shape index (κ3) is 4.56. The molecule has 2 amide bonds. The van der Waals surface area contributed by atoms with Crippen LogP contribution in [0.2, 0.25) is 5.15 Å². The molecule has 2 aromatic heterocycles. The van der Waals surface area contributed by atoms with Gasteiger partial charge in [0, 0.05) is 24.5 Å². The number of aromatic nitrogens is 3. The van der Waals surface area contributed by atoms with Crippen LogP contribution < -0.4 is 16.2 Å². The standard InChI is InChI=1S/C24H20ClN5O3/c1-15-21(24(33)30(29(15)2)19-9-4-3-5-10-19)28-22(31)16-7-6-8-18(13-16)27-23(32)17-11-12-20(25)26-14-17/h3-14H,1-2H3,(H,27,32)(H,28,31). The van der Waals surface area contributed by atoms with Gasteiger partial charge in [0.25, 0.3) is 17.4 Å². The molecule has 2 heterocycles. The summed E-state index contributed by atoms with van der Waals surface area (Å²) in [6, 6.07) is 18.7. The molecule has 4 aromatic rings. The number of halogens is 1. The van der Waals surface area contributed by atoms with Crippen LogP contribution in [0.25, 0.3) is 5.69 Å². The minimum absolute atomic E-state index is 0.188. The number of rotatable bonds is 5. The Morgan fingerprint density at radius 3 is 2.33 bits per heavy atom. The highest BCUT2D eigenvalue weighted by Gasteiger charge is 2.19. The maximum atomic E-state index is 13.0. The van der Waals surface area contributed by atoms with Crippen LogP contribution >= 0.6 is 11.6 Å². The molecular formula is C24H20ClN5O3. The van der Waals surface area contributed by atoms with Crippen LogP contribution in [0.3, 0.4) is 0 Å². The lowest BCUT2D eigenvalue weighted by Gasteiger charge is -2.08. The number of amides is 2. The van der Waals surface area contributed by atoms with Crippen LogP contribution in [0.4, 0.5) is 11.4 Å². The van der Waals surface area contributed by atoms with Crippen LogP contribution in [0.1, 0.15) is 26.4 Å². The number of nitrogens with zero attached hydrogens (tertiary/aromatic N) is 3. The van der Waals surface area contributed by atoms with Crippen LogP contribution in [-0.2, 0) is 7.05 Å². The van der Waals surface area contributed by atoms with Crippen molar-refractivity contribution in [2.75, 3.05) is 10.6 Å². The van der Waals surface area contributed by atoms with Gasteiger partial charge >= 0.3 is 0 Å². The number of pyridine rings is 1. The number of carbonyl (C=O) groups excluding carboxylic acids is 2. The Balaban J connectivity index is 1.56. The Morgan fingerprint density at radius 2 is 1.64 bits per heavy atom. The Labute approximate surface area is 194 Å². The van der Waals surface area contributed by atoms with Gasteiger partial charge in [0.1, 0.15) is 10.8 Å². The Kier molecular flexibility index (Phi) is 6.10. The van der Waals surface area contributed by atoms with E-state index in [1.165, 1.54) is 23.0 Å². The van der Waals surface area contributed by atoms with Gasteiger partial charge in [-0.3, -0.25) is 19.1 Å². The number of para-hydroxylation sites is 1. The third-order valence-electron chi connectivity index (χ3n) is 5.16. The topological polar surface area (TPSA) is 98.0 Å². The predicted octanol–water partition coefficient (Wildman–Crippen LogP) is 4.04. The molecule has 0 spiro atoms. The second-order valence-electron chi connectivity index (χ2n) is 7.30. The molecule has 0 aliphatic rings. The molecule has 0 unspecified atom stereocenters. The summed E-state index contributed by atoms with van der Waals surface area (Å²) in [4.78, 5) is 42.3. The van der Waals surface area contributed by atoms with Crippen molar-refractivity contribution in [2.45, 2.75) is 6.92 Å². The molecule has 0 bridgehead atoms. The highest BCUT2D eigenvalue weighted by molar-refractivity contribution is 6.29. The normalized spacial score (nSPS) is 10.6. The Morgan fingerprint density at radius 1 is 0.909 bits per heavy atom. The van der Waals surface area contributed by atoms with Crippen molar-refractivity contribution in [1.82, 2.24) is 14.3 Å². The van der Waals surface area contributed by atoms with E-state index >= 15 is 0 Å². The van der Waals surface area contributed by atoms with Crippen molar-refractivity contribution in [3.8, 4) is 5.69 Å². The SMILES string of the molecule is Cc1c(NC(=O)c2cccc(NC(=O)c3ccc(Cl)nc3)c2)c(=O)n(-c2ccccc2)n1C. The fourth-order valence-corrected chi connectivity index (χ4v) is 3.46. The molecule has 166 valence electrons. The molecular weight excluding hydrogens is 442 g/mol. The summed E-state index contributed by atoms with van der Waals surface area (Å²) in [6.07, 6.45) is 1.37. The molecule has 33 heavy (non-hydrogen) atoms. The first kappa shape index (κ1) is 22.0. The highest BCUT2D eigenvalue weighted by Crippen LogP contribution is 2.17. The van der Waals surface area contributed by atoms with E-state index in [-0.39, 0.29) is 27.9 Å². The van der Waals surface area contributed by atoms with E-state index in [2.05, 4.69) is 15.6 Å². The smallest absolute Gasteiger partial charge is 0.295 e. The predicted molar refractivity (Wildman–Crippen MR) is 127 cm³/mol. The van der Waals surface area contributed by atoms with Crippen LogP contribution in [-0.4, -0.2) is 26.2 Å². The number of carbonyl (C=O) groups is 2. The van der Waals surface area contributed by atoms with Crippen LogP contribution in [0.5, 0.6) is 0 Å². The van der Waals surface area contributed by atoms with E-state index in [1.807, 2.05) is 30.3 Å². The molecule has 0 saturated carbocycles. The van der Waals surface area contributed by atoms with Gasteiger partial charge in [-0.05, 0) is 49.4 Å². The Bertz CT molecular complexity index is 1390. The van der Waals surface area contributed by atoms with Gasteiger partial charge in [0.15, 0.2) is 0 Å². The third-order valence-corrected chi connectivity index (χ3v) is 5.39. The van der Waals surface area contributed by atoms with Crippen molar-refractivity contribution in [1.29, 1.82) is 0 Å². The first-order valence-electron chi connectivity index (χ1n) is 10.0. The monoisotopic (exact) mass is 461 g/mol. The first-order chi connectivity index (χ1) is 15.8. The second-order valence-corrected chi connectivity index (χ2v) is 7.68. The minimum Gasteiger partial charge on any atom is -0.322 e. The molecule has 0 aliphatic carbocycles. The molecule has 0 atom stereocenters. The lowest BCUT2D eigenvalue weighted by Crippen LogP contribution is -2.23. The maximum absolute atomic E-state index is 13.0. The molecule has 0 fully saturated rings. The van der Waals surface area contributed by atoms with E-state index in [9.17, 15) is 14.4 Å². The highest BCUT2D eigenvalue weighted by atomic mass is 35.5. The van der Waals surface area contributed by atoms with Gasteiger partial charge < -0.3 is 10.6 Å². The molecule has 0 saturated heterocycles. The summed E-state index contributed by atoms with van der Waals surface area (Å²) in [5.41, 5.74) is 2.19. The molecule has 0 radical (unpaired) electrons. The summed E-state index contributed by atoms with van der Waals surface area (Å²) < 4.78 is 3.17. The summed E-state index contributed by atoms with van der Waals surface area (Å²) in [7, 11) is 1.75. The van der Waals surface area contributed by atoms with E-state index < -0.39 is 5.91 Å². The van der Waals surface area contributed by atoms with E-state index in [4.69, 9.17) is 11.6 Å².